The van der Waals surface area contributed by atoms with Crippen LogP contribution in [0, 0.1) is 17.0 Å². The first-order valence-corrected chi connectivity index (χ1v) is 6.35. The van der Waals surface area contributed by atoms with Crippen LogP contribution in [0.1, 0.15) is 15.9 Å². The van der Waals surface area contributed by atoms with E-state index in [2.05, 4.69) is 5.32 Å². The Morgan fingerprint density at radius 1 is 1.10 bits per heavy atom. The van der Waals surface area contributed by atoms with Crippen molar-refractivity contribution in [1.29, 1.82) is 0 Å². The summed E-state index contributed by atoms with van der Waals surface area (Å²) in [5, 5.41) is 13.4. The number of hydrogen-bond donors (Lipinski definition) is 1. The maximum Gasteiger partial charge on any atom is 0.269 e. The van der Waals surface area contributed by atoms with E-state index in [4.69, 9.17) is 0 Å². The second kappa shape index (κ2) is 6.47. The molecule has 0 radical (unpaired) electrons. The summed E-state index contributed by atoms with van der Waals surface area (Å²) in [7, 11) is 0. The molecule has 0 fully saturated rings. The molecule has 0 spiro atoms. The number of nitro groups is 1. The van der Waals surface area contributed by atoms with Gasteiger partial charge in [0.05, 0.1) is 4.92 Å². The summed E-state index contributed by atoms with van der Waals surface area (Å²) < 4.78 is 0. The van der Waals surface area contributed by atoms with Gasteiger partial charge in [-0.3, -0.25) is 14.9 Å². The largest absolute Gasteiger partial charge is 0.362 e. The average molecular weight is 282 g/mol. The molecule has 0 amide bonds. The Kier molecular flexibility index (Phi) is 4.46. The Morgan fingerprint density at radius 2 is 1.71 bits per heavy atom. The molecule has 21 heavy (non-hydrogen) atoms. The smallest absolute Gasteiger partial charge is 0.269 e. The Morgan fingerprint density at radius 3 is 2.29 bits per heavy atom. The summed E-state index contributed by atoms with van der Waals surface area (Å²) in [5.74, 6) is -0.107. The third-order valence-electron chi connectivity index (χ3n) is 2.90. The van der Waals surface area contributed by atoms with Crippen LogP contribution >= 0.6 is 0 Å². The molecule has 2 rings (SSSR count). The molecule has 5 heteroatoms. The van der Waals surface area contributed by atoms with Crippen molar-refractivity contribution in [3.63, 3.8) is 0 Å². The van der Waals surface area contributed by atoms with Gasteiger partial charge in [-0.1, -0.05) is 29.8 Å². The molecule has 0 saturated carbocycles. The Labute approximate surface area is 122 Å². The van der Waals surface area contributed by atoms with E-state index in [1.807, 2.05) is 19.1 Å². The van der Waals surface area contributed by atoms with Gasteiger partial charge in [0.15, 0.2) is 5.78 Å². The highest BCUT2D eigenvalue weighted by molar-refractivity contribution is 6.04. The number of nitrogens with zero attached hydrogens (tertiary/aromatic N) is 1. The van der Waals surface area contributed by atoms with Crippen molar-refractivity contribution in [2.45, 2.75) is 6.92 Å². The van der Waals surface area contributed by atoms with E-state index in [-0.39, 0.29) is 11.5 Å². The van der Waals surface area contributed by atoms with E-state index in [1.165, 1.54) is 24.4 Å². The standard InChI is InChI=1S/C16H14N2O3/c1-12-2-4-13(5-3-12)16(19)10-11-17-14-6-8-15(9-7-14)18(20)21/h2-11,17H,1H3/b11-10-. The highest BCUT2D eigenvalue weighted by Gasteiger charge is 2.03. The minimum absolute atomic E-state index is 0.0280. The molecule has 2 aromatic rings. The first kappa shape index (κ1) is 14.5. The maximum absolute atomic E-state index is 11.9. The van der Waals surface area contributed by atoms with Gasteiger partial charge < -0.3 is 5.32 Å². The van der Waals surface area contributed by atoms with E-state index < -0.39 is 4.92 Å². The molecule has 106 valence electrons. The van der Waals surface area contributed by atoms with Crippen LogP contribution in [0.3, 0.4) is 0 Å². The third kappa shape index (κ3) is 4.01. The molecule has 0 aliphatic heterocycles. The van der Waals surface area contributed by atoms with Gasteiger partial charge in [0, 0.05) is 35.7 Å². The summed E-state index contributed by atoms with van der Waals surface area (Å²) in [6.07, 6.45) is 2.94. The Bertz CT molecular complexity index is 674. The van der Waals surface area contributed by atoms with Gasteiger partial charge >= 0.3 is 0 Å². The van der Waals surface area contributed by atoms with Crippen LogP contribution in [-0.2, 0) is 0 Å². The van der Waals surface area contributed by atoms with Crippen LogP contribution in [0.2, 0.25) is 0 Å². The summed E-state index contributed by atoms with van der Waals surface area (Å²) in [6.45, 7) is 1.96. The lowest BCUT2D eigenvalue weighted by Crippen LogP contribution is -1.96. The van der Waals surface area contributed by atoms with Crippen molar-refractivity contribution in [1.82, 2.24) is 0 Å². The number of ketones is 1. The molecular weight excluding hydrogens is 268 g/mol. The molecule has 0 unspecified atom stereocenters. The van der Waals surface area contributed by atoms with Crippen LogP contribution in [-0.4, -0.2) is 10.7 Å². The molecule has 1 N–H and O–H groups in total. The number of carbonyl (C=O) groups excluding carboxylic acids is 1. The van der Waals surface area contributed by atoms with Crippen LogP contribution < -0.4 is 5.32 Å². The fourth-order valence-corrected chi connectivity index (χ4v) is 1.71. The van der Waals surface area contributed by atoms with Gasteiger partial charge in [0.2, 0.25) is 0 Å². The van der Waals surface area contributed by atoms with Crippen molar-refractivity contribution in [2.24, 2.45) is 0 Å². The highest BCUT2D eigenvalue weighted by Crippen LogP contribution is 2.15. The summed E-state index contributed by atoms with van der Waals surface area (Å²) in [4.78, 5) is 21.9. The maximum atomic E-state index is 11.9. The van der Waals surface area contributed by atoms with Gasteiger partial charge in [-0.2, -0.15) is 0 Å². The van der Waals surface area contributed by atoms with E-state index >= 15 is 0 Å². The quantitative estimate of drug-likeness (QED) is 0.392. The number of non-ortho nitro benzene ring substituents is 1. The first-order valence-electron chi connectivity index (χ1n) is 6.35. The molecule has 0 aliphatic rings. The Balaban J connectivity index is 1.97. The third-order valence-corrected chi connectivity index (χ3v) is 2.90. The van der Waals surface area contributed by atoms with E-state index in [0.717, 1.165) is 5.56 Å². The second-order valence-electron chi connectivity index (χ2n) is 4.51. The monoisotopic (exact) mass is 282 g/mol. The van der Waals surface area contributed by atoms with Crippen LogP contribution in [0.5, 0.6) is 0 Å². The number of rotatable bonds is 5. The van der Waals surface area contributed by atoms with Gasteiger partial charge in [-0.05, 0) is 19.1 Å². The molecule has 0 aliphatic carbocycles. The molecule has 2 aromatic carbocycles. The van der Waals surface area contributed by atoms with Crippen molar-refractivity contribution in [2.75, 3.05) is 5.32 Å². The number of aryl methyl sites for hydroxylation is 1. The second-order valence-corrected chi connectivity index (χ2v) is 4.51. The fraction of sp³-hybridized carbons (Fsp3) is 0.0625. The molecule has 0 aromatic heterocycles. The minimum atomic E-state index is -0.458. The van der Waals surface area contributed by atoms with Crippen LogP contribution in [0.15, 0.2) is 60.8 Å². The number of carbonyl (C=O) groups is 1. The Hall–Kier alpha value is -2.95. The van der Waals surface area contributed by atoms with Gasteiger partial charge in [-0.15, -0.1) is 0 Å². The molecule has 0 bridgehead atoms. The van der Waals surface area contributed by atoms with Crippen LogP contribution in [0.25, 0.3) is 0 Å². The normalized spacial score (nSPS) is 10.5. The topological polar surface area (TPSA) is 72.2 Å². The first-order chi connectivity index (χ1) is 10.1. The van der Waals surface area contributed by atoms with Crippen LogP contribution in [0.4, 0.5) is 11.4 Å². The number of allylic oxidation sites excluding steroid dienone is 1. The minimum Gasteiger partial charge on any atom is -0.362 e. The fourth-order valence-electron chi connectivity index (χ4n) is 1.71. The lowest BCUT2D eigenvalue weighted by Gasteiger charge is -2.00. The number of benzene rings is 2. The summed E-state index contributed by atoms with van der Waals surface area (Å²) >= 11 is 0. The highest BCUT2D eigenvalue weighted by atomic mass is 16.6. The predicted octanol–water partition coefficient (Wildman–Crippen LogP) is 3.71. The van der Waals surface area contributed by atoms with E-state index in [1.54, 1.807) is 24.3 Å². The number of anilines is 1. The molecule has 0 atom stereocenters. The lowest BCUT2D eigenvalue weighted by molar-refractivity contribution is -0.384. The van der Waals surface area contributed by atoms with Crippen molar-refractivity contribution in [3.8, 4) is 0 Å². The number of hydrogen-bond acceptors (Lipinski definition) is 4. The van der Waals surface area contributed by atoms with E-state index in [0.29, 0.717) is 11.3 Å². The SMILES string of the molecule is Cc1ccc(C(=O)/C=C\Nc2ccc([N+](=O)[O-])cc2)cc1. The van der Waals surface area contributed by atoms with Crippen molar-refractivity contribution < 1.29 is 9.72 Å². The number of nitro benzene ring substituents is 1. The molecule has 5 nitrogen and oxygen atoms in total. The summed E-state index contributed by atoms with van der Waals surface area (Å²) in [5.41, 5.74) is 2.41. The zero-order valence-electron chi connectivity index (χ0n) is 11.4. The zero-order valence-corrected chi connectivity index (χ0v) is 11.4. The zero-order chi connectivity index (χ0) is 15.2. The van der Waals surface area contributed by atoms with Crippen molar-refractivity contribution in [3.05, 3.63) is 82.0 Å². The van der Waals surface area contributed by atoms with Crippen molar-refractivity contribution >= 4 is 17.2 Å². The van der Waals surface area contributed by atoms with Gasteiger partial charge in [0.25, 0.3) is 5.69 Å². The summed E-state index contributed by atoms with van der Waals surface area (Å²) in [6, 6.07) is 13.3. The predicted molar refractivity (Wildman–Crippen MR) is 81.4 cm³/mol. The lowest BCUT2D eigenvalue weighted by atomic mass is 10.1. The molecular formula is C16H14N2O3. The molecule has 0 saturated heterocycles. The van der Waals surface area contributed by atoms with E-state index in [9.17, 15) is 14.9 Å². The van der Waals surface area contributed by atoms with Gasteiger partial charge in [0.1, 0.15) is 0 Å². The van der Waals surface area contributed by atoms with Gasteiger partial charge in [-0.25, -0.2) is 0 Å². The molecule has 0 heterocycles. The average Bonchev–Trinajstić information content (AvgIpc) is 2.48. The number of nitrogens with one attached hydrogen (secondary N) is 1.